The average molecular weight is 570 g/mol. The molecule has 0 saturated carbocycles. The van der Waals surface area contributed by atoms with Gasteiger partial charge >= 0.3 is 0 Å². The molecule has 0 spiro atoms. The van der Waals surface area contributed by atoms with Gasteiger partial charge in [-0.3, -0.25) is 14.7 Å². The highest BCUT2D eigenvalue weighted by atomic mass is 16.5. The van der Waals surface area contributed by atoms with Gasteiger partial charge in [0.15, 0.2) is 0 Å². The molecule has 0 atom stereocenters. The van der Waals surface area contributed by atoms with Crippen molar-refractivity contribution in [1.29, 1.82) is 0 Å². The van der Waals surface area contributed by atoms with Crippen molar-refractivity contribution in [2.45, 2.75) is 47.5 Å². The fourth-order valence-electron chi connectivity index (χ4n) is 4.81. The van der Waals surface area contributed by atoms with Gasteiger partial charge in [-0.1, -0.05) is 76.3 Å². The molecule has 1 aliphatic carbocycles. The van der Waals surface area contributed by atoms with Crippen LogP contribution in [0.3, 0.4) is 0 Å². The summed E-state index contributed by atoms with van der Waals surface area (Å²) in [5.41, 5.74) is 7.04. The van der Waals surface area contributed by atoms with E-state index in [2.05, 4.69) is 92.5 Å². The van der Waals surface area contributed by atoms with Crippen LogP contribution in [0, 0.1) is 11.8 Å². The second-order valence-corrected chi connectivity index (χ2v) is 12.7. The molecule has 225 valence electrons. The van der Waals surface area contributed by atoms with Crippen LogP contribution in [0.4, 0.5) is 0 Å². The van der Waals surface area contributed by atoms with Crippen molar-refractivity contribution in [2.75, 3.05) is 45.9 Å². The first-order valence-electron chi connectivity index (χ1n) is 15.1. The number of carbonyl (C=O) groups excluding carboxylic acids is 1. The minimum Gasteiger partial charge on any atom is -0.380 e. The first-order valence-corrected chi connectivity index (χ1v) is 15.1. The quantitative estimate of drug-likeness (QED) is 0.191. The Balaban J connectivity index is 0.000000781. The maximum Gasteiger partial charge on any atom is 0.250 e. The zero-order chi connectivity index (χ0) is 30.1. The second kappa shape index (κ2) is 14.6. The van der Waals surface area contributed by atoms with Crippen LogP contribution in [-0.2, 0) is 9.53 Å². The van der Waals surface area contributed by atoms with Crippen molar-refractivity contribution in [1.82, 2.24) is 19.8 Å². The number of amides is 1. The van der Waals surface area contributed by atoms with E-state index in [1.807, 2.05) is 35.9 Å². The molecule has 1 aliphatic heterocycles. The van der Waals surface area contributed by atoms with Crippen molar-refractivity contribution in [3.8, 4) is 0 Å². The summed E-state index contributed by atoms with van der Waals surface area (Å²) >= 11 is 0. The highest BCUT2D eigenvalue weighted by Gasteiger charge is 2.26. The molecule has 6 nitrogen and oxygen atoms in total. The van der Waals surface area contributed by atoms with Crippen molar-refractivity contribution in [3.63, 3.8) is 0 Å². The van der Waals surface area contributed by atoms with Crippen LogP contribution in [0.2, 0.25) is 0 Å². The van der Waals surface area contributed by atoms with Crippen LogP contribution < -0.4 is 0 Å². The molecule has 0 unspecified atom stereocenters. The summed E-state index contributed by atoms with van der Waals surface area (Å²) in [6, 6.07) is 8.54. The highest BCUT2D eigenvalue weighted by Crippen LogP contribution is 2.28. The zero-order valence-corrected chi connectivity index (χ0v) is 26.1. The normalized spacial score (nSPS) is 16.1. The van der Waals surface area contributed by atoms with Gasteiger partial charge in [0.2, 0.25) is 5.91 Å². The second-order valence-electron chi connectivity index (χ2n) is 12.7. The van der Waals surface area contributed by atoms with E-state index in [0.717, 1.165) is 86.3 Å². The number of hydrogen-bond acceptors (Lipinski definition) is 4. The lowest BCUT2D eigenvalue weighted by molar-refractivity contribution is -0.128. The minimum absolute atomic E-state index is 0. The number of pyridine rings is 1. The van der Waals surface area contributed by atoms with Gasteiger partial charge in [-0.25, -0.2) is 0 Å². The van der Waals surface area contributed by atoms with Crippen LogP contribution in [0.15, 0.2) is 78.7 Å². The van der Waals surface area contributed by atoms with Gasteiger partial charge in [0.25, 0.3) is 0 Å². The molecule has 1 amide bonds. The largest absolute Gasteiger partial charge is 0.380 e. The number of fused-ring (bicyclic) bond motifs is 3. The molecule has 1 fully saturated rings. The summed E-state index contributed by atoms with van der Waals surface area (Å²) in [5, 5.41) is 2.34. The summed E-state index contributed by atoms with van der Waals surface area (Å²) in [5.74, 6) is 0.180. The topological polar surface area (TPSA) is 61.5 Å². The Morgan fingerprint density at radius 3 is 2.50 bits per heavy atom. The Bertz CT molecular complexity index is 1460. The van der Waals surface area contributed by atoms with Gasteiger partial charge in [0.05, 0.1) is 6.61 Å². The van der Waals surface area contributed by atoms with E-state index in [1.165, 1.54) is 16.5 Å². The van der Waals surface area contributed by atoms with Crippen molar-refractivity contribution >= 4 is 33.3 Å². The number of nitrogens with zero attached hydrogens (tertiary/aromatic N) is 3. The summed E-state index contributed by atoms with van der Waals surface area (Å²) in [4.78, 5) is 24.1. The number of aromatic amines is 1. The number of allylic oxidation sites excluding steroid dienone is 6. The molecular weight excluding hydrogens is 520 g/mol. The van der Waals surface area contributed by atoms with Gasteiger partial charge in [-0.2, -0.15) is 0 Å². The SMILES string of the molecule is C=C(/C=C\C(=C/C)c1ccc2c(c1)[nH]c1ccncc12)CCCOCCN1CCN(C(=O)C2=C[CH]2)CC1.CC(C)(C)C.[HH]. The van der Waals surface area contributed by atoms with E-state index in [0.29, 0.717) is 5.41 Å². The predicted octanol–water partition coefficient (Wildman–Crippen LogP) is 7.62. The maximum atomic E-state index is 12.1. The zero-order valence-electron chi connectivity index (χ0n) is 26.1. The smallest absolute Gasteiger partial charge is 0.250 e. The van der Waals surface area contributed by atoms with Gasteiger partial charge in [0, 0.05) is 87.0 Å². The van der Waals surface area contributed by atoms with Crippen molar-refractivity contribution in [3.05, 3.63) is 90.7 Å². The van der Waals surface area contributed by atoms with Gasteiger partial charge < -0.3 is 14.6 Å². The van der Waals surface area contributed by atoms with Gasteiger partial charge in [0.1, 0.15) is 0 Å². The molecule has 3 aromatic rings. The molecule has 5 rings (SSSR count). The van der Waals surface area contributed by atoms with E-state index in [9.17, 15) is 4.79 Å². The molecule has 42 heavy (non-hydrogen) atoms. The van der Waals surface area contributed by atoms with Crippen LogP contribution in [0.25, 0.3) is 27.4 Å². The number of piperazine rings is 1. The highest BCUT2D eigenvalue weighted by molar-refractivity contribution is 6.07. The summed E-state index contributed by atoms with van der Waals surface area (Å²) in [6.45, 7) is 20.9. The Morgan fingerprint density at radius 2 is 1.81 bits per heavy atom. The third-order valence-electron chi connectivity index (χ3n) is 7.12. The standard InChI is InChI=1S/C31H35N4O2.C5H12.H2/c1-3-24(26-10-11-27-28-22-32-13-12-29(28)33-30(27)21-26)7-6-23(2)5-4-19-37-20-18-34-14-16-35(17-15-34)31(36)25-8-9-25;1-5(2,3)4;/h3,6-13,21-22,33H,2,4-5,14-20H2,1H3;1-4H3;1H/b7-6-,24-3+;;. The average Bonchev–Trinajstić information content (AvgIpc) is 3.74. The number of nitrogens with one attached hydrogen (secondary N) is 1. The van der Waals surface area contributed by atoms with Crippen molar-refractivity contribution < 1.29 is 11.0 Å². The number of ether oxygens (including phenoxy) is 1. The monoisotopic (exact) mass is 569 g/mol. The lowest BCUT2D eigenvalue weighted by Crippen LogP contribution is -2.49. The lowest BCUT2D eigenvalue weighted by atomic mass is 10.0. The number of H-pyrrole nitrogens is 1. The lowest BCUT2D eigenvalue weighted by Gasteiger charge is -2.34. The fourth-order valence-corrected chi connectivity index (χ4v) is 4.81. The molecule has 6 heteroatoms. The van der Waals surface area contributed by atoms with E-state index in [4.69, 9.17) is 4.74 Å². The molecule has 1 saturated heterocycles. The Hall–Kier alpha value is -3.48. The summed E-state index contributed by atoms with van der Waals surface area (Å²) < 4.78 is 5.87. The summed E-state index contributed by atoms with van der Waals surface area (Å²) in [6.07, 6.45) is 15.8. The molecule has 2 aliphatic rings. The first-order chi connectivity index (χ1) is 20.1. The summed E-state index contributed by atoms with van der Waals surface area (Å²) in [7, 11) is 0. The number of benzene rings is 1. The number of carbonyl (C=O) groups is 1. The van der Waals surface area contributed by atoms with E-state index < -0.39 is 0 Å². The first kappa shape index (κ1) is 31.5. The molecular formula is C36H49N4O2. The van der Waals surface area contributed by atoms with Gasteiger partial charge in [-0.05, 0) is 48.4 Å². The molecule has 0 bridgehead atoms. The third kappa shape index (κ3) is 9.53. The Labute approximate surface area is 253 Å². The number of rotatable bonds is 11. The minimum atomic E-state index is 0. The molecule has 3 heterocycles. The third-order valence-corrected chi connectivity index (χ3v) is 7.12. The van der Waals surface area contributed by atoms with Crippen LogP contribution in [0.5, 0.6) is 0 Å². The van der Waals surface area contributed by atoms with E-state index in [-0.39, 0.29) is 7.33 Å². The molecule has 1 aromatic carbocycles. The fraction of sp³-hybridized carbons (Fsp3) is 0.417. The van der Waals surface area contributed by atoms with Crippen molar-refractivity contribution in [2.24, 2.45) is 5.41 Å². The Morgan fingerprint density at radius 1 is 1.07 bits per heavy atom. The number of hydrogen-bond donors (Lipinski definition) is 1. The Kier molecular flexibility index (Phi) is 10.9. The van der Waals surface area contributed by atoms with E-state index in [1.54, 1.807) is 0 Å². The predicted molar refractivity (Wildman–Crippen MR) is 178 cm³/mol. The molecule has 2 aromatic heterocycles. The van der Waals surface area contributed by atoms with Gasteiger partial charge in [-0.15, -0.1) is 0 Å². The van der Waals surface area contributed by atoms with Crippen LogP contribution in [-0.4, -0.2) is 71.6 Å². The molecule has 1 radical (unpaired) electrons. The van der Waals surface area contributed by atoms with E-state index >= 15 is 0 Å². The van der Waals surface area contributed by atoms with Crippen LogP contribution >= 0.6 is 0 Å². The maximum absolute atomic E-state index is 12.1. The molecule has 1 N–H and O–H groups in total. The number of aromatic nitrogens is 2. The van der Waals surface area contributed by atoms with Crippen LogP contribution in [0.1, 0.15) is 54.5 Å².